The first-order chi connectivity index (χ1) is 14.2. The molecular weight excluding hydrogens is 388 g/mol. The molecule has 0 saturated heterocycles. The lowest BCUT2D eigenvalue weighted by molar-refractivity contribution is -0.169. The van der Waals surface area contributed by atoms with Crippen molar-refractivity contribution < 1.29 is 34.1 Å². The van der Waals surface area contributed by atoms with Crippen LogP contribution in [0.1, 0.15) is 52.4 Å². The zero-order chi connectivity index (χ0) is 21.8. The van der Waals surface area contributed by atoms with Crippen LogP contribution in [-0.2, 0) is 23.9 Å². The van der Waals surface area contributed by atoms with Crippen LogP contribution in [0.15, 0.2) is 11.6 Å². The third kappa shape index (κ3) is 3.04. The predicted molar refractivity (Wildman–Crippen MR) is 106 cm³/mol. The second-order valence-corrected chi connectivity index (χ2v) is 10.0. The van der Waals surface area contributed by atoms with Gasteiger partial charge in [0, 0.05) is 18.3 Å². The molecule has 0 aliphatic heterocycles. The van der Waals surface area contributed by atoms with Crippen LogP contribution in [-0.4, -0.2) is 53.9 Å². The monoisotopic (exact) mass is 420 g/mol. The van der Waals surface area contributed by atoms with Crippen LogP contribution < -0.4 is 0 Å². The first-order valence-electron chi connectivity index (χ1n) is 11.0. The van der Waals surface area contributed by atoms with E-state index in [0.717, 1.165) is 12.0 Å². The first kappa shape index (κ1) is 21.5. The molecule has 7 nitrogen and oxygen atoms in total. The van der Waals surface area contributed by atoms with Gasteiger partial charge >= 0.3 is 11.9 Å². The average Bonchev–Trinajstić information content (AvgIpc) is 3.00. The van der Waals surface area contributed by atoms with Crippen LogP contribution in [0.5, 0.6) is 0 Å². The lowest BCUT2D eigenvalue weighted by atomic mass is 9.45. The summed E-state index contributed by atoms with van der Waals surface area (Å²) in [4.78, 5) is 37.1. The summed E-state index contributed by atoms with van der Waals surface area (Å²) in [5.74, 6) is -1.59. The van der Waals surface area contributed by atoms with Gasteiger partial charge in [-0.3, -0.25) is 9.59 Å². The minimum absolute atomic E-state index is 0.0436. The van der Waals surface area contributed by atoms with Crippen molar-refractivity contribution in [3.05, 3.63) is 11.6 Å². The smallest absolute Gasteiger partial charge is 0.332 e. The SMILES string of the molecule is COC(=O)[C@@H]1C=C2C[C@@H](OC(=O)CO)CC[C@]2(C)C2[C@@H]1[C@@H]1CCC(=O)[C@@]1(C)C[C@H]2O. The van der Waals surface area contributed by atoms with E-state index in [9.17, 15) is 19.5 Å². The molecule has 3 saturated carbocycles. The Kier molecular flexibility index (Phi) is 5.34. The fourth-order valence-electron chi connectivity index (χ4n) is 7.23. The number of hydrogen-bond donors (Lipinski definition) is 2. The number of fused-ring (bicyclic) bond motifs is 5. The molecule has 1 unspecified atom stereocenters. The number of esters is 2. The molecule has 0 bridgehead atoms. The lowest BCUT2D eigenvalue weighted by Crippen LogP contribution is -2.59. The molecule has 4 aliphatic carbocycles. The lowest BCUT2D eigenvalue weighted by Gasteiger charge is -2.59. The van der Waals surface area contributed by atoms with Gasteiger partial charge in [-0.25, -0.2) is 4.79 Å². The summed E-state index contributed by atoms with van der Waals surface area (Å²) in [5, 5.41) is 20.3. The fourth-order valence-corrected chi connectivity index (χ4v) is 7.23. The van der Waals surface area contributed by atoms with Crippen molar-refractivity contribution in [2.75, 3.05) is 13.7 Å². The average molecular weight is 421 g/mol. The molecule has 0 radical (unpaired) electrons. The fraction of sp³-hybridized carbons (Fsp3) is 0.783. The number of ether oxygens (including phenoxy) is 2. The van der Waals surface area contributed by atoms with Crippen LogP contribution >= 0.6 is 0 Å². The molecule has 0 aromatic carbocycles. The van der Waals surface area contributed by atoms with E-state index in [1.807, 2.05) is 13.0 Å². The van der Waals surface area contributed by atoms with Gasteiger partial charge in [0.25, 0.3) is 0 Å². The summed E-state index contributed by atoms with van der Waals surface area (Å²) in [6.45, 7) is 3.43. The highest BCUT2D eigenvalue weighted by molar-refractivity contribution is 5.87. The summed E-state index contributed by atoms with van der Waals surface area (Å²) >= 11 is 0. The van der Waals surface area contributed by atoms with Crippen LogP contribution in [0.3, 0.4) is 0 Å². The molecule has 0 aromatic rings. The topological polar surface area (TPSA) is 110 Å². The second-order valence-electron chi connectivity index (χ2n) is 10.0. The molecule has 3 fully saturated rings. The number of rotatable bonds is 3. The highest BCUT2D eigenvalue weighted by Crippen LogP contribution is 2.65. The van der Waals surface area contributed by atoms with E-state index in [1.165, 1.54) is 7.11 Å². The molecular formula is C23H32O7. The zero-order valence-electron chi connectivity index (χ0n) is 17.9. The van der Waals surface area contributed by atoms with Crippen molar-refractivity contribution >= 4 is 17.7 Å². The van der Waals surface area contributed by atoms with Crippen molar-refractivity contribution in [2.45, 2.75) is 64.6 Å². The normalized spacial score (nSPS) is 45.0. The maximum absolute atomic E-state index is 12.8. The number of carbonyl (C=O) groups excluding carboxylic acids is 3. The third-order valence-corrected chi connectivity index (χ3v) is 8.66. The van der Waals surface area contributed by atoms with E-state index in [0.29, 0.717) is 32.1 Å². The summed E-state index contributed by atoms with van der Waals surface area (Å²) in [7, 11) is 1.37. The molecule has 0 spiro atoms. The summed E-state index contributed by atoms with van der Waals surface area (Å²) in [6.07, 6.45) is 4.43. The first-order valence-corrected chi connectivity index (χ1v) is 11.0. The molecule has 4 aliphatic rings. The van der Waals surface area contributed by atoms with E-state index in [4.69, 9.17) is 14.6 Å². The van der Waals surface area contributed by atoms with Gasteiger partial charge in [0.15, 0.2) is 0 Å². The summed E-state index contributed by atoms with van der Waals surface area (Å²) in [5.41, 5.74) is 0.0830. The standard InChI is InChI=1S/C23H32O7/c1-22-7-6-13(30-18(27)11-24)8-12(22)9-14(21(28)29-3)19-15-4-5-17(26)23(15,2)10-16(25)20(19)22/h9,13-16,19-20,24-25H,4-8,10-11H2,1-3H3/t13-,14+,15-,16+,19-,20?,22-,23-/m0/s1. The molecule has 0 amide bonds. The Hall–Kier alpha value is -1.73. The van der Waals surface area contributed by atoms with Gasteiger partial charge < -0.3 is 19.7 Å². The Morgan fingerprint density at radius 3 is 2.63 bits per heavy atom. The van der Waals surface area contributed by atoms with Crippen molar-refractivity contribution in [1.29, 1.82) is 0 Å². The second kappa shape index (κ2) is 7.45. The number of methoxy groups -OCH3 is 1. The Morgan fingerprint density at radius 2 is 1.97 bits per heavy atom. The van der Waals surface area contributed by atoms with Gasteiger partial charge in [-0.15, -0.1) is 0 Å². The Balaban J connectivity index is 1.75. The largest absolute Gasteiger partial charge is 0.469 e. The highest BCUT2D eigenvalue weighted by Gasteiger charge is 2.64. The van der Waals surface area contributed by atoms with E-state index in [1.54, 1.807) is 0 Å². The predicted octanol–water partition coefficient (Wildman–Crippen LogP) is 1.79. The van der Waals surface area contributed by atoms with E-state index < -0.39 is 30.0 Å². The van der Waals surface area contributed by atoms with Crippen molar-refractivity contribution in [3.63, 3.8) is 0 Å². The Morgan fingerprint density at radius 1 is 1.23 bits per heavy atom. The van der Waals surface area contributed by atoms with Gasteiger partial charge in [-0.05, 0) is 48.9 Å². The zero-order valence-corrected chi connectivity index (χ0v) is 17.9. The van der Waals surface area contributed by atoms with E-state index >= 15 is 0 Å². The number of carbonyl (C=O) groups is 3. The van der Waals surface area contributed by atoms with Crippen LogP contribution in [0.2, 0.25) is 0 Å². The molecule has 30 heavy (non-hydrogen) atoms. The number of aliphatic hydroxyl groups is 2. The van der Waals surface area contributed by atoms with E-state index in [-0.39, 0.29) is 41.0 Å². The van der Waals surface area contributed by atoms with Gasteiger partial charge in [0.1, 0.15) is 18.5 Å². The van der Waals surface area contributed by atoms with Gasteiger partial charge in [-0.1, -0.05) is 25.5 Å². The molecule has 166 valence electrons. The van der Waals surface area contributed by atoms with Gasteiger partial charge in [-0.2, -0.15) is 0 Å². The number of Topliss-reactive ketones (excluding diaryl/α,β-unsaturated/α-hetero) is 1. The van der Waals surface area contributed by atoms with Crippen LogP contribution in [0, 0.1) is 34.5 Å². The Labute approximate surface area is 176 Å². The summed E-state index contributed by atoms with van der Waals surface area (Å²) in [6, 6.07) is 0. The minimum atomic E-state index is -0.685. The maximum atomic E-state index is 12.8. The van der Waals surface area contributed by atoms with Crippen molar-refractivity contribution in [3.8, 4) is 0 Å². The van der Waals surface area contributed by atoms with Crippen molar-refractivity contribution in [1.82, 2.24) is 0 Å². The van der Waals surface area contributed by atoms with Crippen molar-refractivity contribution in [2.24, 2.45) is 34.5 Å². The number of hydrogen-bond acceptors (Lipinski definition) is 7. The Bertz CT molecular complexity index is 788. The van der Waals surface area contributed by atoms with Crippen LogP contribution in [0.25, 0.3) is 0 Å². The molecule has 0 heterocycles. The molecule has 8 atom stereocenters. The molecule has 7 heteroatoms. The third-order valence-electron chi connectivity index (χ3n) is 8.66. The molecule has 0 aromatic heterocycles. The van der Waals surface area contributed by atoms with E-state index in [2.05, 4.69) is 6.92 Å². The molecule has 2 N–H and O–H groups in total. The van der Waals surface area contributed by atoms with Gasteiger partial charge in [0.2, 0.25) is 0 Å². The maximum Gasteiger partial charge on any atom is 0.332 e. The number of ketones is 1. The van der Waals surface area contributed by atoms with Crippen LogP contribution in [0.4, 0.5) is 0 Å². The minimum Gasteiger partial charge on any atom is -0.469 e. The van der Waals surface area contributed by atoms with Gasteiger partial charge in [0.05, 0.1) is 19.1 Å². The summed E-state index contributed by atoms with van der Waals surface area (Å²) < 4.78 is 10.5. The molecule has 4 rings (SSSR count). The quantitative estimate of drug-likeness (QED) is 0.529. The highest BCUT2D eigenvalue weighted by atomic mass is 16.6. The number of aliphatic hydroxyl groups excluding tert-OH is 2.